The summed E-state index contributed by atoms with van der Waals surface area (Å²) in [6.45, 7) is 8.30. The minimum atomic E-state index is -3.69. The highest BCUT2D eigenvalue weighted by atomic mass is 32.2. The molecule has 0 amide bonds. The second-order valence-electron chi connectivity index (χ2n) is 5.84. The number of aromatic nitrogens is 4. The van der Waals surface area contributed by atoms with Crippen LogP contribution in [0.3, 0.4) is 0 Å². The fraction of sp³-hybridized carbons (Fsp3) is 0.600. The lowest BCUT2D eigenvalue weighted by Gasteiger charge is -2.07. The molecular formula is C15H24N6O5S. The van der Waals surface area contributed by atoms with Crippen molar-refractivity contribution >= 4 is 15.7 Å². The summed E-state index contributed by atoms with van der Waals surface area (Å²) in [6.07, 6.45) is 1.68. The molecule has 0 saturated heterocycles. The van der Waals surface area contributed by atoms with Crippen LogP contribution in [0.5, 0.6) is 5.88 Å². The van der Waals surface area contributed by atoms with Crippen LogP contribution in [0.25, 0.3) is 0 Å². The third kappa shape index (κ3) is 4.63. The number of sulfonamides is 1. The first kappa shape index (κ1) is 20.8. The van der Waals surface area contributed by atoms with Crippen molar-refractivity contribution in [2.24, 2.45) is 0 Å². The Morgan fingerprint density at radius 2 is 2.00 bits per heavy atom. The van der Waals surface area contributed by atoms with Gasteiger partial charge in [-0.1, -0.05) is 0 Å². The molecule has 0 aliphatic heterocycles. The number of rotatable bonds is 10. The summed E-state index contributed by atoms with van der Waals surface area (Å²) in [5.74, 6) is -0.0405. The summed E-state index contributed by atoms with van der Waals surface area (Å²) in [6, 6.07) is 0. The number of nitrogens with one attached hydrogen (secondary N) is 1. The lowest BCUT2D eigenvalue weighted by molar-refractivity contribution is -0.385. The summed E-state index contributed by atoms with van der Waals surface area (Å²) in [5, 5.41) is 19.2. The van der Waals surface area contributed by atoms with E-state index in [9.17, 15) is 18.5 Å². The van der Waals surface area contributed by atoms with Crippen LogP contribution < -0.4 is 9.46 Å². The summed E-state index contributed by atoms with van der Waals surface area (Å²) >= 11 is 0. The van der Waals surface area contributed by atoms with Gasteiger partial charge in [-0.25, -0.2) is 13.1 Å². The van der Waals surface area contributed by atoms with Crippen LogP contribution in [-0.4, -0.2) is 46.1 Å². The number of ether oxygens (including phenoxy) is 1. The highest BCUT2D eigenvalue weighted by Gasteiger charge is 2.24. The predicted molar refractivity (Wildman–Crippen MR) is 97.2 cm³/mol. The molecule has 2 rings (SSSR count). The van der Waals surface area contributed by atoms with Crippen molar-refractivity contribution in [3.63, 3.8) is 0 Å². The van der Waals surface area contributed by atoms with Crippen molar-refractivity contribution in [1.82, 2.24) is 24.3 Å². The lowest BCUT2D eigenvalue weighted by atomic mass is 10.4. The van der Waals surface area contributed by atoms with Gasteiger partial charge >= 0.3 is 11.6 Å². The van der Waals surface area contributed by atoms with Gasteiger partial charge in [-0.3, -0.25) is 19.5 Å². The molecule has 2 heterocycles. The minimum absolute atomic E-state index is 0.0405. The standard InChI is InChI=1S/C15H24N6O5S/c1-5-20-12(4)14(11(3)17-20)27(24,25)16-8-7-9-19-10-13(21(22)23)15(18-19)26-6-2/h10,16H,5-9H2,1-4H3. The Bertz CT molecular complexity index is 918. The fourth-order valence-corrected chi connectivity index (χ4v) is 4.25. The van der Waals surface area contributed by atoms with Gasteiger partial charge in [-0.05, 0) is 34.1 Å². The van der Waals surface area contributed by atoms with E-state index < -0.39 is 14.9 Å². The summed E-state index contributed by atoms with van der Waals surface area (Å²) in [4.78, 5) is 10.6. The van der Waals surface area contributed by atoms with E-state index in [4.69, 9.17) is 4.74 Å². The Morgan fingerprint density at radius 3 is 2.56 bits per heavy atom. The van der Waals surface area contributed by atoms with Gasteiger partial charge in [0.1, 0.15) is 11.1 Å². The second-order valence-corrected chi connectivity index (χ2v) is 7.54. The number of nitro groups is 1. The zero-order valence-electron chi connectivity index (χ0n) is 15.8. The molecule has 0 saturated carbocycles. The molecular weight excluding hydrogens is 376 g/mol. The molecule has 1 N–H and O–H groups in total. The number of hydrogen-bond donors (Lipinski definition) is 1. The average molecular weight is 400 g/mol. The number of aryl methyl sites for hydroxylation is 3. The van der Waals surface area contributed by atoms with Crippen molar-refractivity contribution < 1.29 is 18.1 Å². The molecule has 0 bridgehead atoms. The molecule has 0 aliphatic carbocycles. The van der Waals surface area contributed by atoms with Crippen molar-refractivity contribution in [2.75, 3.05) is 13.2 Å². The smallest absolute Gasteiger partial charge is 0.350 e. The Kier molecular flexibility index (Phi) is 6.54. The molecule has 2 aromatic heterocycles. The van der Waals surface area contributed by atoms with Crippen LogP contribution in [0.4, 0.5) is 5.69 Å². The van der Waals surface area contributed by atoms with Gasteiger partial charge in [0.2, 0.25) is 10.0 Å². The van der Waals surface area contributed by atoms with E-state index in [2.05, 4.69) is 14.9 Å². The zero-order valence-corrected chi connectivity index (χ0v) is 16.6. The second kappa shape index (κ2) is 8.48. The van der Waals surface area contributed by atoms with Gasteiger partial charge in [0.15, 0.2) is 0 Å². The van der Waals surface area contributed by atoms with Crippen LogP contribution in [0, 0.1) is 24.0 Å². The molecule has 27 heavy (non-hydrogen) atoms. The molecule has 150 valence electrons. The van der Waals surface area contributed by atoms with Crippen molar-refractivity contribution in [3.05, 3.63) is 27.7 Å². The molecule has 0 fully saturated rings. The number of nitrogens with zero attached hydrogens (tertiary/aromatic N) is 5. The molecule has 0 atom stereocenters. The van der Waals surface area contributed by atoms with E-state index in [1.54, 1.807) is 25.5 Å². The van der Waals surface area contributed by atoms with Gasteiger partial charge < -0.3 is 4.74 Å². The first-order valence-corrected chi connectivity index (χ1v) is 10.1. The molecule has 0 spiro atoms. The zero-order chi connectivity index (χ0) is 20.2. The van der Waals surface area contributed by atoms with E-state index >= 15 is 0 Å². The molecule has 0 unspecified atom stereocenters. The van der Waals surface area contributed by atoms with Crippen LogP contribution in [-0.2, 0) is 23.1 Å². The molecule has 11 nitrogen and oxygen atoms in total. The van der Waals surface area contributed by atoms with Gasteiger partial charge in [0, 0.05) is 19.6 Å². The maximum absolute atomic E-state index is 12.6. The van der Waals surface area contributed by atoms with Crippen LogP contribution in [0.2, 0.25) is 0 Å². The predicted octanol–water partition coefficient (Wildman–Crippen LogP) is 1.39. The van der Waals surface area contributed by atoms with Crippen LogP contribution in [0.15, 0.2) is 11.1 Å². The molecule has 0 aromatic carbocycles. The third-order valence-corrected chi connectivity index (χ3v) is 5.64. The minimum Gasteiger partial charge on any atom is -0.472 e. The monoisotopic (exact) mass is 400 g/mol. The number of hydrogen-bond acceptors (Lipinski definition) is 7. The Labute approximate surface area is 157 Å². The van der Waals surface area contributed by atoms with E-state index in [0.29, 0.717) is 30.9 Å². The SMILES string of the molecule is CCOc1nn(CCCNS(=O)(=O)c2c(C)nn(CC)c2C)cc1[N+](=O)[O-]. The normalized spacial score (nSPS) is 11.7. The maximum atomic E-state index is 12.6. The summed E-state index contributed by atoms with van der Waals surface area (Å²) < 4.78 is 35.8. The van der Waals surface area contributed by atoms with Gasteiger partial charge in [-0.15, -0.1) is 5.10 Å². The van der Waals surface area contributed by atoms with E-state index in [1.165, 1.54) is 10.9 Å². The van der Waals surface area contributed by atoms with Crippen molar-refractivity contribution in [2.45, 2.75) is 52.1 Å². The molecule has 2 aromatic rings. The molecule has 0 radical (unpaired) electrons. The van der Waals surface area contributed by atoms with E-state index in [1.807, 2.05) is 6.92 Å². The summed E-state index contributed by atoms with van der Waals surface area (Å²) in [5.41, 5.74) is 0.827. The van der Waals surface area contributed by atoms with Gasteiger partial charge in [0.05, 0.1) is 22.9 Å². The first-order valence-electron chi connectivity index (χ1n) is 8.59. The highest BCUT2D eigenvalue weighted by molar-refractivity contribution is 7.89. The summed E-state index contributed by atoms with van der Waals surface area (Å²) in [7, 11) is -3.69. The average Bonchev–Trinajstić information content (AvgIpc) is 3.12. The largest absolute Gasteiger partial charge is 0.472 e. The first-order chi connectivity index (χ1) is 12.7. The molecule has 0 aliphatic rings. The highest BCUT2D eigenvalue weighted by Crippen LogP contribution is 2.24. The lowest BCUT2D eigenvalue weighted by Crippen LogP contribution is -2.26. The molecule has 12 heteroatoms. The maximum Gasteiger partial charge on any atom is 0.350 e. The van der Waals surface area contributed by atoms with Crippen molar-refractivity contribution in [3.8, 4) is 5.88 Å². The Balaban J connectivity index is 2.00. The topological polar surface area (TPSA) is 134 Å². The Hall–Kier alpha value is -2.47. The quantitative estimate of drug-likeness (QED) is 0.362. The third-order valence-electron chi connectivity index (χ3n) is 3.93. The Morgan fingerprint density at radius 1 is 1.30 bits per heavy atom. The van der Waals surface area contributed by atoms with Gasteiger partial charge in [0.25, 0.3) is 0 Å². The van der Waals surface area contributed by atoms with Gasteiger partial charge in [-0.2, -0.15) is 5.10 Å². The van der Waals surface area contributed by atoms with E-state index in [-0.39, 0.29) is 29.6 Å². The van der Waals surface area contributed by atoms with Crippen LogP contribution in [0.1, 0.15) is 31.7 Å². The van der Waals surface area contributed by atoms with Crippen molar-refractivity contribution in [1.29, 1.82) is 0 Å². The van der Waals surface area contributed by atoms with Crippen LogP contribution >= 0.6 is 0 Å². The van der Waals surface area contributed by atoms with E-state index in [0.717, 1.165) is 0 Å². The fourth-order valence-electron chi connectivity index (χ4n) is 2.77.